The molecule has 0 unspecified atom stereocenters. The third-order valence-corrected chi connectivity index (χ3v) is 3.07. The maximum Gasteiger partial charge on any atom is 0.408 e. The highest BCUT2D eigenvalue weighted by atomic mass is 16.6. The first-order chi connectivity index (χ1) is 9.83. The van der Waals surface area contributed by atoms with Gasteiger partial charge in [0, 0.05) is 0 Å². The van der Waals surface area contributed by atoms with Crippen molar-refractivity contribution >= 4 is 6.09 Å². The molecular formula is C17H27NO3. The molecule has 1 aromatic carbocycles. The molecule has 0 aliphatic rings. The van der Waals surface area contributed by atoms with Crippen molar-refractivity contribution in [2.75, 3.05) is 0 Å². The molecule has 4 heteroatoms. The molecule has 118 valence electrons. The predicted octanol–water partition coefficient (Wildman–Crippen LogP) is 3.80. The normalized spacial score (nSPS) is 14.3. The van der Waals surface area contributed by atoms with Gasteiger partial charge in [0.25, 0.3) is 0 Å². The fourth-order valence-electron chi connectivity index (χ4n) is 2.08. The lowest BCUT2D eigenvalue weighted by Crippen LogP contribution is -2.39. The number of aliphatic hydroxyl groups excluding tert-OH is 1. The highest BCUT2D eigenvalue weighted by Crippen LogP contribution is 2.21. The summed E-state index contributed by atoms with van der Waals surface area (Å²) in [6.07, 6.45) is 1.43. The van der Waals surface area contributed by atoms with E-state index < -0.39 is 23.8 Å². The molecule has 0 fully saturated rings. The minimum Gasteiger partial charge on any atom is -0.444 e. The van der Waals surface area contributed by atoms with Gasteiger partial charge in [-0.25, -0.2) is 4.79 Å². The molecule has 4 nitrogen and oxygen atoms in total. The molecule has 0 aliphatic carbocycles. The Balaban J connectivity index is 2.80. The Kier molecular flexibility index (Phi) is 6.69. The fraction of sp³-hybridized carbons (Fsp3) is 0.588. The Hall–Kier alpha value is -1.55. The number of nitrogens with one attached hydrogen (secondary N) is 1. The van der Waals surface area contributed by atoms with Gasteiger partial charge in [-0.3, -0.25) is 0 Å². The van der Waals surface area contributed by atoms with Gasteiger partial charge in [-0.2, -0.15) is 0 Å². The molecule has 0 saturated carbocycles. The van der Waals surface area contributed by atoms with Gasteiger partial charge in [0.05, 0.1) is 12.1 Å². The third-order valence-electron chi connectivity index (χ3n) is 3.07. The van der Waals surface area contributed by atoms with Crippen LogP contribution in [0.3, 0.4) is 0 Å². The second-order valence-electron chi connectivity index (χ2n) is 6.24. The van der Waals surface area contributed by atoms with Gasteiger partial charge in [-0.1, -0.05) is 50.1 Å². The fourth-order valence-corrected chi connectivity index (χ4v) is 2.08. The maximum absolute atomic E-state index is 12.0. The van der Waals surface area contributed by atoms with Crippen molar-refractivity contribution in [2.45, 2.75) is 64.7 Å². The monoisotopic (exact) mass is 293 g/mol. The molecule has 0 saturated heterocycles. The number of alkyl carbamates (subject to hydrolysis) is 1. The summed E-state index contributed by atoms with van der Waals surface area (Å²) in [6.45, 7) is 7.53. The Morgan fingerprint density at radius 1 is 1.29 bits per heavy atom. The van der Waals surface area contributed by atoms with E-state index in [9.17, 15) is 9.90 Å². The summed E-state index contributed by atoms with van der Waals surface area (Å²) in [5.41, 5.74) is 0.326. The number of ether oxygens (including phenoxy) is 1. The number of rotatable bonds is 6. The first kappa shape index (κ1) is 17.5. The molecule has 2 N–H and O–H groups in total. The van der Waals surface area contributed by atoms with Gasteiger partial charge in [0.15, 0.2) is 0 Å². The van der Waals surface area contributed by atoms with Crippen LogP contribution in [0.15, 0.2) is 30.3 Å². The van der Waals surface area contributed by atoms with Crippen LogP contribution in [0.25, 0.3) is 0 Å². The van der Waals surface area contributed by atoms with E-state index in [1.165, 1.54) is 0 Å². The van der Waals surface area contributed by atoms with Gasteiger partial charge in [0.2, 0.25) is 0 Å². The van der Waals surface area contributed by atoms with Gasteiger partial charge in [0.1, 0.15) is 5.60 Å². The molecule has 2 atom stereocenters. The molecule has 1 rings (SSSR count). The predicted molar refractivity (Wildman–Crippen MR) is 84.1 cm³/mol. The van der Waals surface area contributed by atoms with E-state index in [4.69, 9.17) is 4.74 Å². The van der Waals surface area contributed by atoms with Crippen LogP contribution in [-0.2, 0) is 4.74 Å². The van der Waals surface area contributed by atoms with E-state index >= 15 is 0 Å². The number of carbonyl (C=O) groups is 1. The van der Waals surface area contributed by atoms with Crippen molar-refractivity contribution in [3.8, 4) is 0 Å². The molecular weight excluding hydrogens is 266 g/mol. The standard InChI is InChI=1S/C17H27NO3/c1-5-6-12-14(19)15(13-10-8-7-9-11-13)18-16(20)21-17(2,3)4/h7-11,14-15,19H,5-6,12H2,1-4H3,(H,18,20)/t14-,15+/m1/s1. The highest BCUT2D eigenvalue weighted by Gasteiger charge is 2.25. The van der Waals surface area contributed by atoms with Crippen molar-refractivity contribution in [2.24, 2.45) is 0 Å². The van der Waals surface area contributed by atoms with Gasteiger partial charge < -0.3 is 15.2 Å². The smallest absolute Gasteiger partial charge is 0.408 e. The largest absolute Gasteiger partial charge is 0.444 e. The van der Waals surface area contributed by atoms with Crippen LogP contribution in [0.5, 0.6) is 0 Å². The summed E-state index contributed by atoms with van der Waals surface area (Å²) in [5.74, 6) is 0. The number of hydrogen-bond acceptors (Lipinski definition) is 3. The quantitative estimate of drug-likeness (QED) is 0.838. The number of carbonyl (C=O) groups excluding carboxylic acids is 1. The van der Waals surface area contributed by atoms with Crippen LogP contribution in [0.1, 0.15) is 58.6 Å². The van der Waals surface area contributed by atoms with Crippen LogP contribution in [0.2, 0.25) is 0 Å². The topological polar surface area (TPSA) is 58.6 Å². The average molecular weight is 293 g/mol. The molecule has 1 amide bonds. The average Bonchev–Trinajstić information content (AvgIpc) is 2.41. The number of hydrogen-bond donors (Lipinski definition) is 2. The Bertz CT molecular complexity index is 425. The van der Waals surface area contributed by atoms with Crippen molar-refractivity contribution < 1.29 is 14.6 Å². The minimum atomic E-state index is -0.625. The molecule has 0 bridgehead atoms. The summed E-state index contributed by atoms with van der Waals surface area (Å²) in [4.78, 5) is 12.0. The van der Waals surface area contributed by atoms with E-state index in [-0.39, 0.29) is 0 Å². The van der Waals surface area contributed by atoms with Gasteiger partial charge in [-0.15, -0.1) is 0 Å². The molecule has 0 radical (unpaired) electrons. The van der Waals surface area contributed by atoms with E-state index in [1.54, 1.807) is 0 Å². The zero-order valence-electron chi connectivity index (χ0n) is 13.4. The first-order valence-corrected chi connectivity index (χ1v) is 7.56. The second-order valence-corrected chi connectivity index (χ2v) is 6.24. The zero-order valence-corrected chi connectivity index (χ0v) is 13.4. The van der Waals surface area contributed by atoms with E-state index in [0.29, 0.717) is 6.42 Å². The van der Waals surface area contributed by atoms with E-state index in [0.717, 1.165) is 18.4 Å². The number of aliphatic hydroxyl groups is 1. The van der Waals surface area contributed by atoms with E-state index in [2.05, 4.69) is 12.2 Å². The minimum absolute atomic E-state index is 0.451. The first-order valence-electron chi connectivity index (χ1n) is 7.56. The molecule has 0 aliphatic heterocycles. The molecule has 21 heavy (non-hydrogen) atoms. The van der Waals surface area contributed by atoms with Crippen LogP contribution in [0.4, 0.5) is 4.79 Å². The van der Waals surface area contributed by atoms with Crippen molar-refractivity contribution in [1.82, 2.24) is 5.32 Å². The number of benzene rings is 1. The molecule has 0 aromatic heterocycles. The lowest BCUT2D eigenvalue weighted by Gasteiger charge is -2.27. The van der Waals surface area contributed by atoms with Gasteiger partial charge >= 0.3 is 6.09 Å². The van der Waals surface area contributed by atoms with Gasteiger partial charge in [-0.05, 0) is 32.8 Å². The molecule has 0 spiro atoms. The second kappa shape index (κ2) is 8.03. The lowest BCUT2D eigenvalue weighted by atomic mass is 9.98. The number of amides is 1. The Morgan fingerprint density at radius 3 is 2.43 bits per heavy atom. The van der Waals surface area contributed by atoms with E-state index in [1.807, 2.05) is 51.1 Å². The summed E-state index contributed by atoms with van der Waals surface area (Å²) in [5, 5.41) is 13.2. The summed E-state index contributed by atoms with van der Waals surface area (Å²) in [7, 11) is 0. The van der Waals surface area contributed by atoms with Crippen molar-refractivity contribution in [3.05, 3.63) is 35.9 Å². The summed E-state index contributed by atoms with van der Waals surface area (Å²) >= 11 is 0. The zero-order chi connectivity index (χ0) is 15.9. The van der Waals surface area contributed by atoms with Crippen LogP contribution >= 0.6 is 0 Å². The Labute approximate surface area is 127 Å². The summed E-state index contributed by atoms with van der Waals surface area (Å²) < 4.78 is 5.28. The Morgan fingerprint density at radius 2 is 1.90 bits per heavy atom. The maximum atomic E-state index is 12.0. The lowest BCUT2D eigenvalue weighted by molar-refractivity contribution is 0.0409. The van der Waals surface area contributed by atoms with Crippen LogP contribution in [0, 0.1) is 0 Å². The van der Waals surface area contributed by atoms with Crippen molar-refractivity contribution in [1.29, 1.82) is 0 Å². The molecule has 0 heterocycles. The SMILES string of the molecule is CCCC[C@@H](O)[C@@H](NC(=O)OC(C)(C)C)c1ccccc1. The van der Waals surface area contributed by atoms with Crippen LogP contribution < -0.4 is 5.32 Å². The highest BCUT2D eigenvalue weighted by molar-refractivity contribution is 5.68. The molecule has 1 aromatic rings. The third kappa shape index (κ3) is 6.63. The number of unbranched alkanes of at least 4 members (excludes halogenated alkanes) is 1. The summed E-state index contributed by atoms with van der Waals surface area (Å²) in [6, 6.07) is 9.05. The van der Waals surface area contributed by atoms with Crippen LogP contribution in [-0.4, -0.2) is 22.9 Å². The van der Waals surface area contributed by atoms with Crippen molar-refractivity contribution in [3.63, 3.8) is 0 Å².